The Labute approximate surface area is 161 Å². The Hall–Kier alpha value is -0.930. The summed E-state index contributed by atoms with van der Waals surface area (Å²) in [5, 5.41) is 20.0. The molecule has 5 unspecified atom stereocenters. The lowest BCUT2D eigenvalue weighted by Gasteiger charge is -2.55. The van der Waals surface area contributed by atoms with E-state index in [1.807, 2.05) is 6.08 Å². The molecule has 4 rings (SSSR count). The second-order valence-corrected chi connectivity index (χ2v) is 9.78. The van der Waals surface area contributed by atoms with Crippen LogP contribution < -0.4 is 0 Å². The zero-order valence-electron chi connectivity index (χ0n) is 16.1. The summed E-state index contributed by atoms with van der Waals surface area (Å²) in [6.45, 7) is 6.57. The molecular weight excluding hydrogens is 346 g/mol. The molecule has 4 aliphatic carbocycles. The van der Waals surface area contributed by atoms with Crippen molar-refractivity contribution in [2.24, 2.45) is 28.6 Å². The minimum atomic E-state index is -1.11. The molecule has 3 nitrogen and oxygen atoms in total. The normalized spacial score (nSPS) is 47.4. The van der Waals surface area contributed by atoms with Crippen LogP contribution in [-0.2, 0) is 4.79 Å². The molecule has 2 fully saturated rings. The Balaban J connectivity index is 1.78. The van der Waals surface area contributed by atoms with Gasteiger partial charge in [-0.05, 0) is 55.9 Å². The number of carbonyl (C=O) groups is 1. The van der Waals surface area contributed by atoms with Gasteiger partial charge in [-0.2, -0.15) is 0 Å². The number of halogens is 1. The van der Waals surface area contributed by atoms with Gasteiger partial charge in [0.1, 0.15) is 5.60 Å². The SMILES string of the molecule is C[C@H]1CC2C3CCC4=CC(=O)CCC4(C)C3=CCC2(C)C1(O)C(=N)CCl. The van der Waals surface area contributed by atoms with E-state index >= 15 is 0 Å². The van der Waals surface area contributed by atoms with Crippen LogP contribution in [0.3, 0.4) is 0 Å². The van der Waals surface area contributed by atoms with Crippen LogP contribution in [0, 0.1) is 34.0 Å². The van der Waals surface area contributed by atoms with Crippen molar-refractivity contribution in [3.63, 3.8) is 0 Å². The minimum absolute atomic E-state index is 0.0160. The van der Waals surface area contributed by atoms with Gasteiger partial charge in [0, 0.05) is 17.3 Å². The fourth-order valence-electron chi connectivity index (χ4n) is 6.95. The first kappa shape index (κ1) is 18.4. The predicted octanol–water partition coefficient (Wildman–Crippen LogP) is 4.67. The van der Waals surface area contributed by atoms with E-state index in [2.05, 4.69) is 26.8 Å². The smallest absolute Gasteiger partial charge is 0.155 e. The number of allylic oxidation sites excluding steroid dienone is 4. The molecule has 0 amide bonds. The number of alkyl halides is 1. The van der Waals surface area contributed by atoms with Crippen molar-refractivity contribution in [1.82, 2.24) is 0 Å². The van der Waals surface area contributed by atoms with Crippen LogP contribution in [0.1, 0.15) is 59.3 Å². The van der Waals surface area contributed by atoms with E-state index in [9.17, 15) is 9.90 Å². The minimum Gasteiger partial charge on any atom is -0.383 e. The molecule has 0 saturated heterocycles. The second kappa shape index (κ2) is 5.78. The summed E-state index contributed by atoms with van der Waals surface area (Å²) in [6, 6.07) is 0. The predicted molar refractivity (Wildman–Crippen MR) is 105 cm³/mol. The molecule has 0 aromatic carbocycles. The number of hydrogen-bond donors (Lipinski definition) is 2. The standard InChI is InChI=1S/C22H30ClNO2/c1-13-10-18-16-5-4-14-11-15(25)6-8-20(14,2)17(16)7-9-21(18,3)22(13,26)19(24)12-23/h7,11,13,16,18,24,26H,4-6,8-10,12H2,1-3H3/t13-,16?,18?,20?,21?,22?/m0/s1. The van der Waals surface area contributed by atoms with Crippen LogP contribution in [0.15, 0.2) is 23.3 Å². The summed E-state index contributed by atoms with van der Waals surface area (Å²) in [5.74, 6) is 1.24. The summed E-state index contributed by atoms with van der Waals surface area (Å²) in [4.78, 5) is 11.9. The number of rotatable bonds is 2. The first-order chi connectivity index (χ1) is 12.2. The molecular formula is C22H30ClNO2. The van der Waals surface area contributed by atoms with Crippen LogP contribution in [0.25, 0.3) is 0 Å². The van der Waals surface area contributed by atoms with Gasteiger partial charge >= 0.3 is 0 Å². The number of nitrogens with one attached hydrogen (secondary N) is 1. The van der Waals surface area contributed by atoms with Gasteiger partial charge in [0.05, 0.1) is 11.6 Å². The zero-order valence-corrected chi connectivity index (χ0v) is 16.8. The molecule has 0 spiro atoms. The van der Waals surface area contributed by atoms with Gasteiger partial charge in [-0.3, -0.25) is 4.79 Å². The van der Waals surface area contributed by atoms with Crippen LogP contribution in [0.2, 0.25) is 0 Å². The molecule has 6 atom stereocenters. The highest BCUT2D eigenvalue weighted by Gasteiger charge is 2.65. The van der Waals surface area contributed by atoms with Crippen molar-refractivity contribution >= 4 is 23.1 Å². The number of aliphatic hydroxyl groups is 1. The zero-order chi connectivity index (χ0) is 18.9. The monoisotopic (exact) mass is 375 g/mol. The van der Waals surface area contributed by atoms with Crippen molar-refractivity contribution in [3.05, 3.63) is 23.3 Å². The van der Waals surface area contributed by atoms with Gasteiger partial charge in [0.2, 0.25) is 0 Å². The lowest BCUT2D eigenvalue weighted by molar-refractivity contribution is -0.115. The lowest BCUT2D eigenvalue weighted by atomic mass is 9.50. The highest BCUT2D eigenvalue weighted by Crippen LogP contribution is 2.66. The van der Waals surface area contributed by atoms with Gasteiger partial charge in [-0.25, -0.2) is 0 Å². The topological polar surface area (TPSA) is 61.1 Å². The molecule has 0 heterocycles. The van der Waals surface area contributed by atoms with E-state index in [4.69, 9.17) is 17.0 Å². The molecule has 142 valence electrons. The molecule has 2 saturated carbocycles. The van der Waals surface area contributed by atoms with E-state index < -0.39 is 5.60 Å². The highest BCUT2D eigenvalue weighted by molar-refractivity contribution is 6.29. The molecule has 0 bridgehead atoms. The Bertz CT molecular complexity index is 740. The third kappa shape index (κ3) is 2.10. The van der Waals surface area contributed by atoms with Crippen molar-refractivity contribution in [1.29, 1.82) is 5.41 Å². The molecule has 0 aromatic heterocycles. The molecule has 4 heteroatoms. The van der Waals surface area contributed by atoms with Gasteiger partial charge in [0.25, 0.3) is 0 Å². The number of hydrogen-bond acceptors (Lipinski definition) is 3. The van der Waals surface area contributed by atoms with Crippen molar-refractivity contribution < 1.29 is 9.90 Å². The largest absolute Gasteiger partial charge is 0.383 e. The third-order valence-corrected chi connectivity index (χ3v) is 8.78. The van der Waals surface area contributed by atoms with E-state index in [1.165, 1.54) is 11.1 Å². The maximum Gasteiger partial charge on any atom is 0.155 e. The number of ketones is 1. The average Bonchev–Trinajstić information content (AvgIpc) is 2.83. The summed E-state index contributed by atoms with van der Waals surface area (Å²) in [5.41, 5.74) is 1.67. The van der Waals surface area contributed by atoms with E-state index in [1.54, 1.807) is 0 Å². The fourth-order valence-corrected chi connectivity index (χ4v) is 7.15. The molecule has 0 aliphatic heterocycles. The van der Waals surface area contributed by atoms with Gasteiger partial charge in [-0.1, -0.05) is 38.0 Å². The molecule has 0 aromatic rings. The maximum atomic E-state index is 11.9. The fraction of sp³-hybridized carbons (Fsp3) is 0.727. The number of carbonyl (C=O) groups excluding carboxylic acids is 1. The van der Waals surface area contributed by atoms with Crippen molar-refractivity contribution in [2.45, 2.75) is 64.9 Å². The lowest BCUT2D eigenvalue weighted by Crippen LogP contribution is -2.57. The Morgan fingerprint density at radius 2 is 2.12 bits per heavy atom. The van der Waals surface area contributed by atoms with Crippen LogP contribution in [0.4, 0.5) is 0 Å². The first-order valence-corrected chi connectivity index (χ1v) is 10.5. The third-order valence-electron chi connectivity index (χ3n) is 8.51. The maximum absolute atomic E-state index is 11.9. The van der Waals surface area contributed by atoms with Crippen molar-refractivity contribution in [2.75, 3.05) is 5.88 Å². The Kier molecular flexibility index (Phi) is 4.10. The molecule has 0 radical (unpaired) electrons. The summed E-state index contributed by atoms with van der Waals surface area (Å²) in [7, 11) is 0. The molecule has 26 heavy (non-hydrogen) atoms. The van der Waals surface area contributed by atoms with E-state index in [-0.39, 0.29) is 34.1 Å². The molecule has 2 N–H and O–H groups in total. The quantitative estimate of drug-likeness (QED) is 0.418. The van der Waals surface area contributed by atoms with Crippen LogP contribution >= 0.6 is 11.6 Å². The summed E-state index contributed by atoms with van der Waals surface area (Å²) < 4.78 is 0. The van der Waals surface area contributed by atoms with Crippen LogP contribution in [-0.4, -0.2) is 28.1 Å². The highest BCUT2D eigenvalue weighted by atomic mass is 35.5. The van der Waals surface area contributed by atoms with Crippen LogP contribution in [0.5, 0.6) is 0 Å². The number of fused-ring (bicyclic) bond motifs is 5. The van der Waals surface area contributed by atoms with E-state index in [0.29, 0.717) is 18.3 Å². The second-order valence-electron chi connectivity index (χ2n) is 9.52. The molecule has 4 aliphatic rings. The van der Waals surface area contributed by atoms with E-state index in [0.717, 1.165) is 32.1 Å². The first-order valence-electron chi connectivity index (χ1n) is 9.99. The Morgan fingerprint density at radius 1 is 1.38 bits per heavy atom. The average molecular weight is 376 g/mol. The summed E-state index contributed by atoms with van der Waals surface area (Å²) >= 11 is 6.01. The van der Waals surface area contributed by atoms with Gasteiger partial charge in [-0.15, -0.1) is 11.6 Å². The van der Waals surface area contributed by atoms with Gasteiger partial charge < -0.3 is 10.5 Å². The van der Waals surface area contributed by atoms with Crippen molar-refractivity contribution in [3.8, 4) is 0 Å². The van der Waals surface area contributed by atoms with Gasteiger partial charge in [0.15, 0.2) is 5.78 Å². The summed E-state index contributed by atoms with van der Waals surface area (Å²) in [6.07, 6.45) is 9.60. The Morgan fingerprint density at radius 3 is 2.81 bits per heavy atom.